The number of aromatic nitrogens is 3. The lowest BCUT2D eigenvalue weighted by Gasteiger charge is -2.20. The summed E-state index contributed by atoms with van der Waals surface area (Å²) in [6.07, 6.45) is 0.234. The van der Waals surface area contributed by atoms with Crippen molar-refractivity contribution in [3.63, 3.8) is 0 Å². The van der Waals surface area contributed by atoms with Crippen molar-refractivity contribution in [2.45, 2.75) is 12.3 Å². The third-order valence-corrected chi connectivity index (χ3v) is 5.10. The van der Waals surface area contributed by atoms with E-state index in [4.69, 9.17) is 4.98 Å². The van der Waals surface area contributed by atoms with E-state index in [0.717, 1.165) is 16.3 Å². The fraction of sp³-hybridized carbons (Fsp3) is 0.176. The fourth-order valence-corrected chi connectivity index (χ4v) is 3.89. The molecule has 0 saturated carbocycles. The van der Waals surface area contributed by atoms with Crippen molar-refractivity contribution in [3.05, 3.63) is 52.0 Å². The molecule has 1 atom stereocenters. The van der Waals surface area contributed by atoms with Crippen LogP contribution in [0.25, 0.3) is 11.3 Å². The first-order valence-electron chi connectivity index (χ1n) is 7.78. The molecule has 2 amide bonds. The van der Waals surface area contributed by atoms with Gasteiger partial charge in [-0.25, -0.2) is 4.98 Å². The Morgan fingerprint density at radius 1 is 1.32 bits per heavy atom. The van der Waals surface area contributed by atoms with Crippen molar-refractivity contribution < 1.29 is 9.59 Å². The molecule has 0 radical (unpaired) electrons. The number of amides is 2. The Labute approximate surface area is 147 Å². The van der Waals surface area contributed by atoms with Crippen LogP contribution in [-0.4, -0.2) is 34.0 Å². The summed E-state index contributed by atoms with van der Waals surface area (Å²) < 4.78 is 0. The summed E-state index contributed by atoms with van der Waals surface area (Å²) in [7, 11) is 1.56. The average molecular weight is 353 g/mol. The number of H-pyrrole nitrogens is 1. The minimum atomic E-state index is -0.294. The van der Waals surface area contributed by atoms with Crippen molar-refractivity contribution in [2.24, 2.45) is 0 Å². The highest BCUT2D eigenvalue weighted by atomic mass is 32.1. The van der Waals surface area contributed by atoms with Crippen LogP contribution < -0.4 is 10.6 Å². The van der Waals surface area contributed by atoms with Gasteiger partial charge in [0.25, 0.3) is 5.91 Å². The maximum atomic E-state index is 12.1. The smallest absolute Gasteiger partial charge is 0.269 e. The molecular weight excluding hydrogens is 338 g/mol. The number of anilines is 1. The molecule has 3 N–H and O–H groups in total. The molecule has 0 spiro atoms. The lowest BCUT2D eigenvalue weighted by molar-refractivity contribution is -0.116. The quantitative estimate of drug-likeness (QED) is 0.673. The number of nitrogens with one attached hydrogen (secondary N) is 3. The SMILES string of the molecule is CNC(=O)c1[nH]nc2c1C(c1nc(-c3ccccc3)cs1)CC(=O)N2. The van der Waals surface area contributed by atoms with Crippen LogP contribution in [0.15, 0.2) is 35.7 Å². The summed E-state index contributed by atoms with van der Waals surface area (Å²) in [6, 6.07) is 9.85. The second-order valence-electron chi connectivity index (χ2n) is 5.68. The van der Waals surface area contributed by atoms with Crippen LogP contribution in [0, 0.1) is 0 Å². The highest BCUT2D eigenvalue weighted by Gasteiger charge is 2.35. The van der Waals surface area contributed by atoms with Gasteiger partial charge in [-0.2, -0.15) is 5.10 Å². The molecule has 1 aliphatic heterocycles. The minimum Gasteiger partial charge on any atom is -0.354 e. The second-order valence-corrected chi connectivity index (χ2v) is 6.57. The average Bonchev–Trinajstić information content (AvgIpc) is 3.28. The number of aromatic amines is 1. The van der Waals surface area contributed by atoms with Crippen LogP contribution in [0.4, 0.5) is 5.82 Å². The van der Waals surface area contributed by atoms with Crippen molar-refractivity contribution in [1.82, 2.24) is 20.5 Å². The molecule has 1 aliphatic rings. The summed E-state index contributed by atoms with van der Waals surface area (Å²) in [5.41, 5.74) is 2.93. The summed E-state index contributed by atoms with van der Waals surface area (Å²) >= 11 is 1.48. The Kier molecular flexibility index (Phi) is 3.81. The number of carbonyl (C=O) groups is 2. The molecule has 25 heavy (non-hydrogen) atoms. The monoisotopic (exact) mass is 353 g/mol. The topological polar surface area (TPSA) is 99.8 Å². The first-order chi connectivity index (χ1) is 12.2. The lowest BCUT2D eigenvalue weighted by atomic mass is 9.92. The number of nitrogens with zero attached hydrogens (tertiary/aromatic N) is 2. The molecule has 2 aromatic heterocycles. The number of hydrogen-bond acceptors (Lipinski definition) is 5. The highest BCUT2D eigenvalue weighted by Crippen LogP contribution is 2.40. The summed E-state index contributed by atoms with van der Waals surface area (Å²) in [5.74, 6) is -0.299. The molecular formula is C17H15N5O2S. The zero-order chi connectivity index (χ0) is 17.4. The molecule has 1 aromatic carbocycles. The second kappa shape index (κ2) is 6.14. The van der Waals surface area contributed by atoms with Crippen molar-refractivity contribution in [3.8, 4) is 11.3 Å². The van der Waals surface area contributed by atoms with Crippen LogP contribution >= 0.6 is 11.3 Å². The maximum absolute atomic E-state index is 12.1. The number of hydrogen-bond donors (Lipinski definition) is 3. The van der Waals surface area contributed by atoms with Crippen LogP contribution in [0.3, 0.4) is 0 Å². The third kappa shape index (κ3) is 2.70. The van der Waals surface area contributed by atoms with Crippen LogP contribution in [0.2, 0.25) is 0 Å². The molecule has 0 bridgehead atoms. The van der Waals surface area contributed by atoms with Gasteiger partial charge in [0.1, 0.15) is 10.7 Å². The van der Waals surface area contributed by atoms with E-state index in [2.05, 4.69) is 20.8 Å². The van der Waals surface area contributed by atoms with E-state index in [0.29, 0.717) is 17.1 Å². The number of rotatable bonds is 3. The van der Waals surface area contributed by atoms with Crippen LogP contribution in [0.1, 0.15) is 33.4 Å². The molecule has 0 saturated heterocycles. The zero-order valence-corrected chi connectivity index (χ0v) is 14.2. The minimum absolute atomic E-state index is 0.135. The van der Waals surface area contributed by atoms with Crippen molar-refractivity contribution >= 4 is 29.0 Å². The zero-order valence-electron chi connectivity index (χ0n) is 13.4. The maximum Gasteiger partial charge on any atom is 0.269 e. The molecule has 3 heterocycles. The number of thiazole rings is 1. The van der Waals surface area contributed by atoms with Gasteiger partial charge in [0, 0.05) is 30.0 Å². The molecule has 4 rings (SSSR count). The largest absolute Gasteiger partial charge is 0.354 e. The van der Waals surface area contributed by atoms with Crippen molar-refractivity contribution in [1.29, 1.82) is 0 Å². The Hall–Kier alpha value is -3.00. The van der Waals surface area contributed by atoms with Gasteiger partial charge in [-0.15, -0.1) is 11.3 Å². The van der Waals surface area contributed by atoms with E-state index in [1.807, 2.05) is 35.7 Å². The van der Waals surface area contributed by atoms with Crippen LogP contribution in [-0.2, 0) is 4.79 Å². The van der Waals surface area contributed by atoms with Gasteiger partial charge in [-0.3, -0.25) is 14.7 Å². The Morgan fingerprint density at radius 3 is 2.88 bits per heavy atom. The summed E-state index contributed by atoms with van der Waals surface area (Å²) in [6.45, 7) is 0. The van der Waals surface area contributed by atoms with E-state index in [9.17, 15) is 9.59 Å². The van der Waals surface area contributed by atoms with Crippen molar-refractivity contribution in [2.75, 3.05) is 12.4 Å². The van der Waals surface area contributed by atoms with Gasteiger partial charge < -0.3 is 10.6 Å². The van der Waals surface area contributed by atoms with Gasteiger partial charge >= 0.3 is 0 Å². The summed E-state index contributed by atoms with van der Waals surface area (Å²) in [5, 5.41) is 14.9. The van der Waals surface area contributed by atoms with Gasteiger partial charge in [0.15, 0.2) is 5.82 Å². The van der Waals surface area contributed by atoms with Crippen LogP contribution in [0.5, 0.6) is 0 Å². The Morgan fingerprint density at radius 2 is 2.12 bits per heavy atom. The van der Waals surface area contributed by atoms with E-state index >= 15 is 0 Å². The van der Waals surface area contributed by atoms with E-state index in [1.54, 1.807) is 7.05 Å². The normalized spacial score (nSPS) is 16.2. The van der Waals surface area contributed by atoms with E-state index < -0.39 is 0 Å². The number of benzene rings is 1. The first-order valence-corrected chi connectivity index (χ1v) is 8.66. The third-order valence-electron chi connectivity index (χ3n) is 4.14. The Bertz CT molecular complexity index is 947. The van der Waals surface area contributed by atoms with Gasteiger partial charge in [-0.05, 0) is 0 Å². The molecule has 0 fully saturated rings. The summed E-state index contributed by atoms with van der Waals surface area (Å²) in [4.78, 5) is 28.9. The standard InChI is InChI=1S/C17H15N5O2S/c1-18-16(24)14-13-10(7-12(23)20-15(13)22-21-14)17-19-11(8-25-17)9-5-3-2-4-6-9/h2-6,8,10H,7H2,1H3,(H,18,24)(H2,20,21,22,23). The number of fused-ring (bicyclic) bond motifs is 1. The van der Waals surface area contributed by atoms with Gasteiger partial charge in [0.2, 0.25) is 5.91 Å². The fourth-order valence-electron chi connectivity index (χ4n) is 2.95. The molecule has 8 heteroatoms. The number of carbonyl (C=O) groups excluding carboxylic acids is 2. The molecule has 1 unspecified atom stereocenters. The predicted octanol–water partition coefficient (Wildman–Crippen LogP) is 2.37. The van der Waals surface area contributed by atoms with Gasteiger partial charge in [0.05, 0.1) is 11.6 Å². The van der Waals surface area contributed by atoms with Gasteiger partial charge in [-0.1, -0.05) is 30.3 Å². The molecule has 7 nitrogen and oxygen atoms in total. The molecule has 0 aliphatic carbocycles. The first kappa shape index (κ1) is 15.5. The Balaban J connectivity index is 1.77. The lowest BCUT2D eigenvalue weighted by Crippen LogP contribution is -2.26. The molecule has 3 aromatic rings. The van der Waals surface area contributed by atoms with E-state index in [-0.39, 0.29) is 24.2 Å². The molecule has 126 valence electrons. The van der Waals surface area contributed by atoms with E-state index in [1.165, 1.54) is 11.3 Å². The predicted molar refractivity (Wildman–Crippen MR) is 94.6 cm³/mol. The highest BCUT2D eigenvalue weighted by molar-refractivity contribution is 7.10.